The molecule has 0 spiro atoms. The smallest absolute Gasteiger partial charge is 0.163 e. The highest BCUT2D eigenvalue weighted by atomic mass is 16.6. The van der Waals surface area contributed by atoms with Crippen LogP contribution in [0.4, 0.5) is 5.69 Å². The topological polar surface area (TPSA) is 89.1 Å². The Bertz CT molecular complexity index is 526. The lowest BCUT2D eigenvalue weighted by Gasteiger charge is -2.20. The molecule has 0 radical (unpaired) electrons. The van der Waals surface area contributed by atoms with Gasteiger partial charge < -0.3 is 25.7 Å². The maximum atomic E-state index is 8.66. The predicted octanol–water partition coefficient (Wildman–Crippen LogP) is 1.79. The Hall–Kier alpha value is -2.11. The van der Waals surface area contributed by atoms with Crippen molar-refractivity contribution in [2.75, 3.05) is 25.1 Å². The lowest BCUT2D eigenvalue weighted by Crippen LogP contribution is -2.23. The molecule has 1 fully saturated rings. The number of rotatable bonds is 5. The second-order valence-corrected chi connectivity index (χ2v) is 5.48. The normalized spacial score (nSPS) is 19.5. The van der Waals surface area contributed by atoms with Crippen LogP contribution in [0.5, 0.6) is 11.5 Å². The van der Waals surface area contributed by atoms with E-state index < -0.39 is 0 Å². The van der Waals surface area contributed by atoms with E-state index in [0.29, 0.717) is 25.5 Å². The van der Waals surface area contributed by atoms with E-state index in [9.17, 15) is 0 Å². The Morgan fingerprint density at radius 3 is 2.75 bits per heavy atom. The largest absolute Gasteiger partial charge is 0.486 e. The fraction of sp³-hybridized carbons (Fsp3) is 0.500. The average molecular weight is 277 g/mol. The van der Waals surface area contributed by atoms with Crippen molar-refractivity contribution >= 4 is 11.5 Å². The molecule has 108 valence electrons. The summed E-state index contributed by atoms with van der Waals surface area (Å²) in [6.45, 7) is 2.00. The van der Waals surface area contributed by atoms with Gasteiger partial charge in [-0.1, -0.05) is 5.16 Å². The minimum Gasteiger partial charge on any atom is -0.486 e. The highest BCUT2D eigenvalue weighted by Crippen LogP contribution is 2.48. The second kappa shape index (κ2) is 5.11. The first kappa shape index (κ1) is 12.9. The third kappa shape index (κ3) is 2.74. The number of nitrogens with two attached hydrogens (primary N) is 1. The summed E-state index contributed by atoms with van der Waals surface area (Å²) in [7, 11) is 0. The molecule has 1 heterocycles. The van der Waals surface area contributed by atoms with Gasteiger partial charge in [-0.2, -0.15) is 0 Å². The summed E-state index contributed by atoms with van der Waals surface area (Å²) in [6.07, 6.45) is 2.82. The van der Waals surface area contributed by atoms with E-state index in [-0.39, 0.29) is 5.41 Å². The third-order valence-electron chi connectivity index (χ3n) is 3.85. The number of hydrogen-bond acceptors (Lipinski definition) is 5. The van der Waals surface area contributed by atoms with Crippen LogP contribution in [-0.2, 0) is 0 Å². The van der Waals surface area contributed by atoms with Gasteiger partial charge in [0.1, 0.15) is 19.0 Å². The maximum absolute atomic E-state index is 8.66. The van der Waals surface area contributed by atoms with Crippen LogP contribution in [0.25, 0.3) is 0 Å². The van der Waals surface area contributed by atoms with E-state index in [4.69, 9.17) is 20.4 Å². The van der Waals surface area contributed by atoms with Gasteiger partial charge in [0.25, 0.3) is 0 Å². The third-order valence-corrected chi connectivity index (χ3v) is 3.85. The zero-order valence-corrected chi connectivity index (χ0v) is 11.3. The fourth-order valence-electron chi connectivity index (χ4n) is 2.46. The van der Waals surface area contributed by atoms with Crippen LogP contribution in [0.2, 0.25) is 0 Å². The van der Waals surface area contributed by atoms with Crippen molar-refractivity contribution in [2.45, 2.75) is 19.3 Å². The number of hydrogen-bond donors (Lipinski definition) is 3. The summed E-state index contributed by atoms with van der Waals surface area (Å²) >= 11 is 0. The van der Waals surface area contributed by atoms with E-state index in [1.165, 1.54) is 0 Å². The van der Waals surface area contributed by atoms with Crippen LogP contribution in [0.1, 0.15) is 19.3 Å². The standard InChI is InChI=1S/C14H19N3O3/c15-13(17-18)8-14(3-4-14)9-16-10-1-2-11-12(7-10)20-6-5-19-11/h1-2,7,16,18H,3-6,8-9H2,(H2,15,17). The molecule has 1 aromatic rings. The van der Waals surface area contributed by atoms with E-state index in [0.717, 1.165) is 36.6 Å². The number of oxime groups is 1. The molecule has 3 rings (SSSR count). The van der Waals surface area contributed by atoms with Gasteiger partial charge in [0.15, 0.2) is 11.5 Å². The van der Waals surface area contributed by atoms with Crippen molar-refractivity contribution in [1.29, 1.82) is 0 Å². The van der Waals surface area contributed by atoms with Crippen LogP contribution in [0.15, 0.2) is 23.4 Å². The van der Waals surface area contributed by atoms with Crippen molar-refractivity contribution in [2.24, 2.45) is 16.3 Å². The van der Waals surface area contributed by atoms with Gasteiger partial charge in [-0.05, 0) is 30.4 Å². The fourth-order valence-corrected chi connectivity index (χ4v) is 2.46. The Morgan fingerprint density at radius 1 is 1.30 bits per heavy atom. The van der Waals surface area contributed by atoms with E-state index in [1.54, 1.807) is 0 Å². The van der Waals surface area contributed by atoms with Crippen molar-refractivity contribution in [3.63, 3.8) is 0 Å². The van der Waals surface area contributed by atoms with E-state index in [2.05, 4.69) is 10.5 Å². The van der Waals surface area contributed by atoms with Crippen LogP contribution in [-0.4, -0.2) is 30.8 Å². The molecule has 0 unspecified atom stereocenters. The highest BCUT2D eigenvalue weighted by molar-refractivity contribution is 5.80. The lowest BCUT2D eigenvalue weighted by molar-refractivity contribution is 0.171. The van der Waals surface area contributed by atoms with Crippen LogP contribution < -0.4 is 20.5 Å². The summed E-state index contributed by atoms with van der Waals surface area (Å²) < 4.78 is 11.0. The summed E-state index contributed by atoms with van der Waals surface area (Å²) in [6, 6.07) is 5.85. The van der Waals surface area contributed by atoms with Gasteiger partial charge in [-0.25, -0.2) is 0 Å². The summed E-state index contributed by atoms with van der Waals surface area (Å²) in [5, 5.41) is 15.1. The SMILES string of the molecule is NC(CC1(CNc2ccc3c(c2)OCCO3)CC1)=NO. The Labute approximate surface area is 117 Å². The number of nitrogens with one attached hydrogen (secondary N) is 1. The Kier molecular flexibility index (Phi) is 3.30. The second-order valence-electron chi connectivity index (χ2n) is 5.48. The number of anilines is 1. The number of benzene rings is 1. The van der Waals surface area contributed by atoms with Gasteiger partial charge in [0.05, 0.1) is 0 Å². The van der Waals surface area contributed by atoms with Crippen LogP contribution in [0, 0.1) is 5.41 Å². The zero-order chi connectivity index (χ0) is 14.0. The molecule has 1 aliphatic heterocycles. The molecule has 1 aromatic carbocycles. The first-order valence-corrected chi connectivity index (χ1v) is 6.81. The summed E-state index contributed by atoms with van der Waals surface area (Å²) in [4.78, 5) is 0. The van der Waals surface area contributed by atoms with Gasteiger partial charge in [0, 0.05) is 24.7 Å². The van der Waals surface area contributed by atoms with Gasteiger partial charge in [-0.15, -0.1) is 0 Å². The molecule has 0 atom stereocenters. The number of nitrogens with zero attached hydrogens (tertiary/aromatic N) is 1. The molecule has 20 heavy (non-hydrogen) atoms. The molecule has 2 aliphatic rings. The van der Waals surface area contributed by atoms with Crippen molar-refractivity contribution in [3.8, 4) is 11.5 Å². The van der Waals surface area contributed by atoms with E-state index in [1.807, 2.05) is 18.2 Å². The molecule has 0 amide bonds. The highest BCUT2D eigenvalue weighted by Gasteiger charge is 2.43. The number of amidine groups is 1. The van der Waals surface area contributed by atoms with Crippen molar-refractivity contribution in [1.82, 2.24) is 0 Å². The molecular formula is C14H19N3O3. The van der Waals surface area contributed by atoms with E-state index >= 15 is 0 Å². The molecule has 0 bridgehead atoms. The van der Waals surface area contributed by atoms with Gasteiger partial charge in [0.2, 0.25) is 0 Å². The molecule has 4 N–H and O–H groups in total. The first-order valence-electron chi connectivity index (χ1n) is 6.81. The molecule has 0 saturated heterocycles. The minimum absolute atomic E-state index is 0.129. The zero-order valence-electron chi connectivity index (χ0n) is 11.3. The lowest BCUT2D eigenvalue weighted by atomic mass is 10.0. The van der Waals surface area contributed by atoms with Crippen molar-refractivity contribution < 1.29 is 14.7 Å². The molecule has 1 aliphatic carbocycles. The number of ether oxygens (including phenoxy) is 2. The molecule has 1 saturated carbocycles. The monoisotopic (exact) mass is 277 g/mol. The first-order chi connectivity index (χ1) is 9.71. The predicted molar refractivity (Wildman–Crippen MR) is 75.6 cm³/mol. The molecular weight excluding hydrogens is 258 g/mol. The van der Waals surface area contributed by atoms with Gasteiger partial charge in [-0.3, -0.25) is 0 Å². The Balaban J connectivity index is 1.61. The molecule has 0 aromatic heterocycles. The molecule has 6 heteroatoms. The van der Waals surface area contributed by atoms with Gasteiger partial charge >= 0.3 is 0 Å². The van der Waals surface area contributed by atoms with Crippen LogP contribution >= 0.6 is 0 Å². The average Bonchev–Trinajstić information content (AvgIpc) is 3.25. The maximum Gasteiger partial charge on any atom is 0.163 e. The Morgan fingerprint density at radius 2 is 2.05 bits per heavy atom. The quantitative estimate of drug-likeness (QED) is 0.330. The summed E-state index contributed by atoms with van der Waals surface area (Å²) in [5.74, 6) is 1.87. The summed E-state index contributed by atoms with van der Waals surface area (Å²) in [5.41, 5.74) is 6.72. The minimum atomic E-state index is 0.129. The molecule has 6 nitrogen and oxygen atoms in total. The number of fused-ring (bicyclic) bond motifs is 1. The van der Waals surface area contributed by atoms with Crippen molar-refractivity contribution in [3.05, 3.63) is 18.2 Å². The van der Waals surface area contributed by atoms with Crippen LogP contribution in [0.3, 0.4) is 0 Å².